The van der Waals surface area contributed by atoms with Crippen molar-refractivity contribution in [2.24, 2.45) is 5.10 Å². The first kappa shape index (κ1) is 19.3. The number of nitrogens with zero attached hydrogens (tertiary/aromatic N) is 1. The van der Waals surface area contributed by atoms with Crippen molar-refractivity contribution in [3.05, 3.63) is 65.7 Å². The van der Waals surface area contributed by atoms with Gasteiger partial charge in [0.05, 0.1) is 30.3 Å². The smallest absolute Gasteiger partial charge is 0.338 e. The predicted molar refractivity (Wildman–Crippen MR) is 95.1 cm³/mol. The number of carbonyl (C=O) groups is 2. The van der Waals surface area contributed by atoms with Crippen molar-refractivity contribution in [2.45, 2.75) is 4.90 Å². The normalized spacial score (nSPS) is 11.3. The third-order valence-corrected chi connectivity index (χ3v) is 4.65. The number of hydrogen-bond acceptors (Lipinski definition) is 6. The number of methoxy groups -OCH3 is 1. The van der Waals surface area contributed by atoms with Gasteiger partial charge in [0.2, 0.25) is 10.0 Å². The molecule has 2 N–H and O–H groups in total. The number of ether oxygens (including phenoxy) is 1. The van der Waals surface area contributed by atoms with Gasteiger partial charge in [-0.25, -0.2) is 23.4 Å². The lowest BCUT2D eigenvalue weighted by Crippen LogP contribution is -2.34. The van der Waals surface area contributed by atoms with Gasteiger partial charge in [-0.2, -0.15) is 5.10 Å². The van der Waals surface area contributed by atoms with Crippen molar-refractivity contribution in [1.29, 1.82) is 0 Å². The van der Waals surface area contributed by atoms with Gasteiger partial charge in [-0.05, 0) is 18.2 Å². The summed E-state index contributed by atoms with van der Waals surface area (Å²) in [6, 6.07) is 14.2. The quantitative estimate of drug-likeness (QED) is 0.424. The van der Waals surface area contributed by atoms with Crippen molar-refractivity contribution in [3.8, 4) is 0 Å². The fourth-order valence-electron chi connectivity index (χ4n) is 1.96. The molecule has 0 heterocycles. The van der Waals surface area contributed by atoms with Crippen LogP contribution in [0.2, 0.25) is 0 Å². The van der Waals surface area contributed by atoms with E-state index in [4.69, 9.17) is 0 Å². The summed E-state index contributed by atoms with van der Waals surface area (Å²) in [6.07, 6.45) is 1.27. The molecule has 0 saturated carbocycles. The molecule has 2 rings (SSSR count). The maximum absolute atomic E-state index is 12.0. The molecule has 0 spiro atoms. The van der Waals surface area contributed by atoms with E-state index in [0.717, 1.165) is 0 Å². The van der Waals surface area contributed by atoms with Gasteiger partial charge in [0.15, 0.2) is 0 Å². The number of amides is 1. The number of nitrogens with one attached hydrogen (secondary N) is 2. The molecule has 0 atom stereocenters. The van der Waals surface area contributed by atoms with Crippen LogP contribution >= 0.6 is 0 Å². The van der Waals surface area contributed by atoms with E-state index in [-0.39, 0.29) is 10.5 Å². The summed E-state index contributed by atoms with van der Waals surface area (Å²) in [7, 11) is -2.52. The van der Waals surface area contributed by atoms with Crippen LogP contribution in [0, 0.1) is 0 Å². The van der Waals surface area contributed by atoms with Gasteiger partial charge in [-0.3, -0.25) is 4.79 Å². The lowest BCUT2D eigenvalue weighted by atomic mass is 10.1. The lowest BCUT2D eigenvalue weighted by Gasteiger charge is -2.06. The van der Waals surface area contributed by atoms with Crippen LogP contribution in [0.4, 0.5) is 0 Å². The van der Waals surface area contributed by atoms with E-state index in [1.807, 2.05) is 0 Å². The largest absolute Gasteiger partial charge is 0.465 e. The lowest BCUT2D eigenvalue weighted by molar-refractivity contribution is -0.119. The Kier molecular flexibility index (Phi) is 6.59. The second-order valence-corrected chi connectivity index (χ2v) is 6.78. The fraction of sp³-hybridized carbons (Fsp3) is 0.118. The van der Waals surface area contributed by atoms with Crippen molar-refractivity contribution in [1.82, 2.24) is 10.1 Å². The Bertz CT molecular complexity index is 911. The molecular formula is C17H17N3O5S. The first-order valence-electron chi connectivity index (χ1n) is 7.48. The highest BCUT2D eigenvalue weighted by Gasteiger charge is 2.14. The summed E-state index contributed by atoms with van der Waals surface area (Å²) in [5.41, 5.74) is 2.93. The van der Waals surface area contributed by atoms with Crippen LogP contribution < -0.4 is 10.1 Å². The van der Waals surface area contributed by atoms with Crippen molar-refractivity contribution < 1.29 is 22.7 Å². The summed E-state index contributed by atoms with van der Waals surface area (Å²) in [5, 5.41) is 3.73. The molecule has 0 aliphatic heterocycles. The first-order chi connectivity index (χ1) is 12.4. The number of benzene rings is 2. The molecule has 0 radical (unpaired) electrons. The number of hydrogen-bond donors (Lipinski definition) is 2. The molecule has 0 bridgehead atoms. The standard InChI is InChI=1S/C17H17N3O5S/c1-25-17(22)15-10-6-5-7-13(15)11-18-20-16(21)12-19-26(23,24)14-8-3-2-4-9-14/h2-11,19H,12H2,1H3,(H,20,21)/b18-11-. The van der Waals surface area contributed by atoms with E-state index in [2.05, 4.69) is 20.0 Å². The summed E-state index contributed by atoms with van der Waals surface area (Å²) in [5.74, 6) is -1.19. The van der Waals surface area contributed by atoms with E-state index >= 15 is 0 Å². The third kappa shape index (κ3) is 5.23. The summed E-state index contributed by atoms with van der Waals surface area (Å²) >= 11 is 0. The van der Waals surface area contributed by atoms with Crippen LogP contribution in [0.5, 0.6) is 0 Å². The highest BCUT2D eigenvalue weighted by atomic mass is 32.2. The number of hydrazone groups is 1. The highest BCUT2D eigenvalue weighted by molar-refractivity contribution is 7.89. The van der Waals surface area contributed by atoms with E-state index < -0.39 is 28.4 Å². The molecule has 0 aliphatic rings. The molecular weight excluding hydrogens is 358 g/mol. The Labute approximate surface area is 150 Å². The van der Waals surface area contributed by atoms with E-state index in [1.165, 1.54) is 25.5 Å². The number of rotatable bonds is 7. The zero-order valence-corrected chi connectivity index (χ0v) is 14.7. The second-order valence-electron chi connectivity index (χ2n) is 5.01. The van der Waals surface area contributed by atoms with Gasteiger partial charge in [0.1, 0.15) is 0 Å². The minimum absolute atomic E-state index is 0.0586. The zero-order valence-electron chi connectivity index (χ0n) is 13.9. The Morgan fingerprint density at radius 2 is 1.73 bits per heavy atom. The third-order valence-electron chi connectivity index (χ3n) is 3.24. The summed E-state index contributed by atoms with van der Waals surface area (Å²) in [4.78, 5) is 23.4. The molecule has 136 valence electrons. The summed E-state index contributed by atoms with van der Waals surface area (Å²) in [6.45, 7) is -0.479. The molecule has 0 saturated heterocycles. The van der Waals surface area contributed by atoms with Crippen molar-refractivity contribution in [2.75, 3.05) is 13.7 Å². The van der Waals surface area contributed by atoms with Crippen LogP contribution in [0.1, 0.15) is 15.9 Å². The molecule has 26 heavy (non-hydrogen) atoms. The van der Waals surface area contributed by atoms with Crippen LogP contribution in [-0.2, 0) is 19.6 Å². The van der Waals surface area contributed by atoms with Crippen molar-refractivity contribution in [3.63, 3.8) is 0 Å². The minimum atomic E-state index is -3.78. The molecule has 8 nitrogen and oxygen atoms in total. The molecule has 2 aromatic carbocycles. The van der Waals surface area contributed by atoms with Gasteiger partial charge >= 0.3 is 5.97 Å². The SMILES string of the molecule is COC(=O)c1ccccc1/C=N\NC(=O)CNS(=O)(=O)c1ccccc1. The van der Waals surface area contributed by atoms with Crippen LogP contribution in [-0.4, -0.2) is 40.2 Å². The zero-order chi connectivity index (χ0) is 19.0. The number of esters is 1. The average Bonchev–Trinajstić information content (AvgIpc) is 2.67. The Morgan fingerprint density at radius 3 is 2.42 bits per heavy atom. The minimum Gasteiger partial charge on any atom is -0.465 e. The molecule has 0 fully saturated rings. The Hall–Kier alpha value is -3.04. The number of sulfonamides is 1. The van der Waals surface area contributed by atoms with Crippen LogP contribution in [0.15, 0.2) is 64.6 Å². The van der Waals surface area contributed by atoms with Gasteiger partial charge in [-0.1, -0.05) is 36.4 Å². The fourth-order valence-corrected chi connectivity index (χ4v) is 2.97. The maximum Gasteiger partial charge on any atom is 0.338 e. The topological polar surface area (TPSA) is 114 Å². The molecule has 2 aromatic rings. The van der Waals surface area contributed by atoms with Crippen molar-refractivity contribution >= 4 is 28.1 Å². The Balaban J connectivity index is 1.94. The number of carbonyl (C=O) groups excluding carboxylic acids is 2. The van der Waals surface area contributed by atoms with Crippen LogP contribution in [0.3, 0.4) is 0 Å². The van der Waals surface area contributed by atoms with E-state index in [0.29, 0.717) is 5.56 Å². The second kappa shape index (κ2) is 8.88. The predicted octanol–water partition coefficient (Wildman–Crippen LogP) is 0.902. The Morgan fingerprint density at radius 1 is 1.08 bits per heavy atom. The first-order valence-corrected chi connectivity index (χ1v) is 8.96. The average molecular weight is 375 g/mol. The van der Waals surface area contributed by atoms with Gasteiger partial charge in [0, 0.05) is 5.56 Å². The van der Waals surface area contributed by atoms with Gasteiger partial charge in [-0.15, -0.1) is 0 Å². The molecule has 1 amide bonds. The van der Waals surface area contributed by atoms with E-state index in [9.17, 15) is 18.0 Å². The summed E-state index contributed by atoms with van der Waals surface area (Å²) < 4.78 is 30.8. The monoisotopic (exact) mass is 375 g/mol. The molecule has 0 unspecified atom stereocenters. The van der Waals surface area contributed by atoms with Gasteiger partial charge in [0.25, 0.3) is 5.91 Å². The molecule has 9 heteroatoms. The highest BCUT2D eigenvalue weighted by Crippen LogP contribution is 2.08. The molecule has 0 aliphatic carbocycles. The van der Waals surface area contributed by atoms with Gasteiger partial charge < -0.3 is 4.74 Å². The maximum atomic E-state index is 12.0. The van der Waals surface area contributed by atoms with E-state index in [1.54, 1.807) is 42.5 Å². The van der Waals surface area contributed by atoms with Crippen LogP contribution in [0.25, 0.3) is 0 Å². The molecule has 0 aromatic heterocycles.